The third-order valence-electron chi connectivity index (χ3n) is 7.93. The van der Waals surface area contributed by atoms with Crippen molar-refractivity contribution in [3.05, 3.63) is 125 Å². The predicted octanol–water partition coefficient (Wildman–Crippen LogP) is 9.02. The molecule has 1 aliphatic heterocycles. The fraction of sp³-hybridized carbons (Fsp3) is 0.306. The maximum Gasteiger partial charge on any atom is 0.323 e. The van der Waals surface area contributed by atoms with Crippen molar-refractivity contribution in [2.24, 2.45) is 0 Å². The number of esters is 1. The fourth-order valence-corrected chi connectivity index (χ4v) is 6.35. The maximum absolute atomic E-state index is 13.8. The second-order valence-electron chi connectivity index (χ2n) is 11.7. The fourth-order valence-electron chi connectivity index (χ4n) is 6.10. The van der Waals surface area contributed by atoms with Crippen LogP contribution in [0.1, 0.15) is 68.8 Å². The van der Waals surface area contributed by atoms with Crippen molar-refractivity contribution < 1.29 is 14.3 Å². The van der Waals surface area contributed by atoms with Gasteiger partial charge in [-0.15, -0.1) is 0 Å². The highest BCUT2D eigenvalue weighted by Gasteiger charge is 2.49. The van der Waals surface area contributed by atoms with E-state index >= 15 is 0 Å². The molecule has 0 saturated carbocycles. The number of carbonyl (C=O) groups excluding carboxylic acids is 1. The highest BCUT2D eigenvalue weighted by Crippen LogP contribution is 2.52. The predicted molar refractivity (Wildman–Crippen MR) is 166 cm³/mol. The molecule has 41 heavy (non-hydrogen) atoms. The van der Waals surface area contributed by atoms with E-state index in [1.165, 1.54) is 5.56 Å². The average Bonchev–Trinajstić information content (AvgIpc) is 3.37. The van der Waals surface area contributed by atoms with Gasteiger partial charge in [0.25, 0.3) is 0 Å². The lowest BCUT2D eigenvalue weighted by atomic mass is 9.86. The van der Waals surface area contributed by atoms with Crippen molar-refractivity contribution in [1.29, 1.82) is 0 Å². The zero-order chi connectivity index (χ0) is 29.1. The van der Waals surface area contributed by atoms with E-state index in [2.05, 4.69) is 72.5 Å². The Bertz CT molecular complexity index is 1480. The Balaban J connectivity index is 1.59. The Morgan fingerprint density at radius 3 is 2.17 bits per heavy atom. The van der Waals surface area contributed by atoms with Crippen LogP contribution in [0.25, 0.3) is 11.1 Å². The summed E-state index contributed by atoms with van der Waals surface area (Å²) in [5, 5.41) is 0.701. The molecule has 1 saturated heterocycles. The van der Waals surface area contributed by atoms with E-state index in [0.717, 1.165) is 28.0 Å². The first-order valence-corrected chi connectivity index (χ1v) is 14.6. The molecule has 0 aliphatic carbocycles. The zero-order valence-electron chi connectivity index (χ0n) is 24.4. The van der Waals surface area contributed by atoms with Gasteiger partial charge >= 0.3 is 5.97 Å². The SMILES string of the molecule is COc1ccccc1-c1ccc(C(C)N2[C@H](C(=O)OC(C)(C)C)C[C@H](c3ccccc3)[C@@H]2c2ccccc2Cl)cc1. The van der Waals surface area contributed by atoms with E-state index in [-0.39, 0.29) is 24.0 Å². The normalized spacial score (nSPS) is 20.0. The molecule has 0 aromatic heterocycles. The van der Waals surface area contributed by atoms with Crippen LogP contribution in [0, 0.1) is 0 Å². The summed E-state index contributed by atoms with van der Waals surface area (Å²) in [7, 11) is 1.69. The number of likely N-dealkylation sites (tertiary alicyclic amines) is 1. The number of ether oxygens (including phenoxy) is 2. The van der Waals surface area contributed by atoms with Crippen LogP contribution in [0.3, 0.4) is 0 Å². The highest BCUT2D eigenvalue weighted by atomic mass is 35.5. The van der Waals surface area contributed by atoms with Crippen molar-refractivity contribution in [3.63, 3.8) is 0 Å². The Hall–Kier alpha value is -3.60. The number of rotatable bonds is 7. The minimum Gasteiger partial charge on any atom is -0.496 e. The van der Waals surface area contributed by atoms with Gasteiger partial charge in [0.1, 0.15) is 17.4 Å². The third kappa shape index (κ3) is 6.19. The summed E-state index contributed by atoms with van der Waals surface area (Å²) in [6.07, 6.45) is 0.637. The molecule has 1 aliphatic rings. The molecular weight excluding hydrogens is 530 g/mol. The van der Waals surface area contributed by atoms with Crippen LogP contribution in [0.5, 0.6) is 5.75 Å². The number of hydrogen-bond donors (Lipinski definition) is 0. The second kappa shape index (κ2) is 12.1. The highest BCUT2D eigenvalue weighted by molar-refractivity contribution is 6.31. The van der Waals surface area contributed by atoms with E-state index in [0.29, 0.717) is 11.4 Å². The average molecular weight is 568 g/mol. The van der Waals surface area contributed by atoms with Crippen LogP contribution in [-0.4, -0.2) is 29.6 Å². The van der Waals surface area contributed by atoms with Crippen LogP contribution < -0.4 is 4.74 Å². The van der Waals surface area contributed by atoms with Gasteiger partial charge in [-0.25, -0.2) is 0 Å². The Labute approximate surface area is 248 Å². The van der Waals surface area contributed by atoms with Crippen molar-refractivity contribution in [2.75, 3.05) is 7.11 Å². The number of carbonyl (C=O) groups is 1. The first kappa shape index (κ1) is 28.9. The summed E-state index contributed by atoms with van der Waals surface area (Å²) in [5.41, 5.74) is 4.85. The molecule has 4 aromatic rings. The summed E-state index contributed by atoms with van der Waals surface area (Å²) in [6.45, 7) is 7.94. The van der Waals surface area contributed by atoms with Crippen molar-refractivity contribution >= 4 is 17.6 Å². The topological polar surface area (TPSA) is 38.8 Å². The number of nitrogens with zero attached hydrogens (tertiary/aromatic N) is 1. The van der Waals surface area contributed by atoms with Gasteiger partial charge in [-0.3, -0.25) is 9.69 Å². The first-order valence-electron chi connectivity index (χ1n) is 14.2. The van der Waals surface area contributed by atoms with E-state index in [9.17, 15) is 4.79 Å². The summed E-state index contributed by atoms with van der Waals surface area (Å²) >= 11 is 6.87. The molecular formula is C36H38ClNO3. The van der Waals surface area contributed by atoms with Gasteiger partial charge in [-0.2, -0.15) is 0 Å². The molecule has 0 spiro atoms. The number of hydrogen-bond acceptors (Lipinski definition) is 4. The van der Waals surface area contributed by atoms with Gasteiger partial charge in [-0.1, -0.05) is 103 Å². The lowest BCUT2D eigenvalue weighted by molar-refractivity contribution is -0.161. The quantitative estimate of drug-likeness (QED) is 0.209. The summed E-state index contributed by atoms with van der Waals surface area (Å²) in [6, 6.07) is 34.4. The first-order chi connectivity index (χ1) is 19.7. The largest absolute Gasteiger partial charge is 0.496 e. The van der Waals surface area contributed by atoms with Crippen LogP contribution in [0.4, 0.5) is 0 Å². The molecule has 0 amide bonds. The van der Waals surface area contributed by atoms with Crippen molar-refractivity contribution in [2.45, 2.75) is 63.8 Å². The molecule has 5 rings (SSSR count). The Morgan fingerprint density at radius 2 is 1.51 bits per heavy atom. The van der Waals surface area contributed by atoms with Crippen LogP contribution in [0.2, 0.25) is 5.02 Å². The standard InChI is InChI=1S/C36H38ClNO3/c1-24(25-19-21-27(22-20-25)28-15-10-12-18-33(28)40-5)38-32(35(39)41-36(2,3)4)23-30(26-13-7-6-8-14-26)34(38)29-16-9-11-17-31(29)37/h6-22,24,30,32,34H,23H2,1-5H3/t24?,30-,32+,34+/m1/s1. The summed E-state index contributed by atoms with van der Waals surface area (Å²) < 4.78 is 11.6. The third-order valence-corrected chi connectivity index (χ3v) is 8.27. The van der Waals surface area contributed by atoms with E-state index in [4.69, 9.17) is 21.1 Å². The molecule has 1 heterocycles. The molecule has 4 atom stereocenters. The Morgan fingerprint density at radius 1 is 0.878 bits per heavy atom. The van der Waals surface area contributed by atoms with E-state index < -0.39 is 11.6 Å². The molecule has 4 aromatic carbocycles. The van der Waals surface area contributed by atoms with E-state index in [1.807, 2.05) is 63.2 Å². The number of methoxy groups -OCH3 is 1. The van der Waals surface area contributed by atoms with Crippen molar-refractivity contribution in [1.82, 2.24) is 4.90 Å². The zero-order valence-corrected chi connectivity index (χ0v) is 25.1. The molecule has 4 nitrogen and oxygen atoms in total. The Kier molecular flexibility index (Phi) is 8.53. The minimum atomic E-state index is -0.590. The van der Waals surface area contributed by atoms with Gasteiger partial charge in [0.15, 0.2) is 0 Å². The van der Waals surface area contributed by atoms with Crippen LogP contribution in [-0.2, 0) is 9.53 Å². The molecule has 0 N–H and O–H groups in total. The van der Waals surface area contributed by atoms with Gasteiger partial charge in [-0.05, 0) is 68.5 Å². The number of benzene rings is 4. The monoisotopic (exact) mass is 567 g/mol. The second-order valence-corrected chi connectivity index (χ2v) is 12.1. The lowest BCUT2D eigenvalue weighted by Gasteiger charge is -2.37. The van der Waals surface area contributed by atoms with Gasteiger partial charge < -0.3 is 9.47 Å². The van der Waals surface area contributed by atoms with Gasteiger partial charge in [0, 0.05) is 28.6 Å². The lowest BCUT2D eigenvalue weighted by Crippen LogP contribution is -2.42. The molecule has 212 valence electrons. The molecule has 1 unspecified atom stereocenters. The number of halogens is 1. The summed E-state index contributed by atoms with van der Waals surface area (Å²) in [4.78, 5) is 16.2. The van der Waals surface area contributed by atoms with E-state index in [1.54, 1.807) is 7.11 Å². The van der Waals surface area contributed by atoms with Crippen LogP contribution >= 0.6 is 11.6 Å². The smallest absolute Gasteiger partial charge is 0.323 e. The molecule has 0 radical (unpaired) electrons. The van der Waals surface area contributed by atoms with Crippen LogP contribution in [0.15, 0.2) is 103 Å². The number of para-hydroxylation sites is 1. The maximum atomic E-state index is 13.8. The summed E-state index contributed by atoms with van der Waals surface area (Å²) in [5.74, 6) is 0.691. The van der Waals surface area contributed by atoms with Gasteiger partial charge in [0.2, 0.25) is 0 Å². The molecule has 0 bridgehead atoms. The minimum absolute atomic E-state index is 0.0592. The van der Waals surface area contributed by atoms with Gasteiger partial charge in [0.05, 0.1) is 7.11 Å². The van der Waals surface area contributed by atoms with Crippen molar-refractivity contribution in [3.8, 4) is 16.9 Å². The molecule has 5 heteroatoms. The molecule has 1 fully saturated rings.